The van der Waals surface area contributed by atoms with Crippen molar-refractivity contribution in [2.75, 3.05) is 18.1 Å². The minimum atomic E-state index is -0.0332. The topological polar surface area (TPSA) is 73.3 Å². The molecule has 1 fully saturated rings. The van der Waals surface area contributed by atoms with Crippen molar-refractivity contribution in [2.45, 2.75) is 18.9 Å². The molecule has 1 aliphatic rings. The van der Waals surface area contributed by atoms with Crippen LogP contribution in [0.3, 0.4) is 0 Å². The fraction of sp³-hybridized carbons (Fsp3) is 0.417. The van der Waals surface area contributed by atoms with Gasteiger partial charge < -0.3 is 15.7 Å². The maximum atomic E-state index is 9.34. The van der Waals surface area contributed by atoms with Crippen LogP contribution in [0.15, 0.2) is 18.2 Å². The third-order valence-electron chi connectivity index (χ3n) is 3.16. The summed E-state index contributed by atoms with van der Waals surface area (Å²) in [5.74, 6) is -0.0332. The molecule has 1 atom stereocenters. The Kier molecular flexibility index (Phi) is 3.54. The Bertz CT molecular complexity index is 436. The quantitative estimate of drug-likeness (QED) is 0.566. The predicted molar refractivity (Wildman–Crippen MR) is 69.9 cm³/mol. The SMILES string of the molecule is N=C(N)c1c(Cl)cccc1N1CCCC1CO. The van der Waals surface area contributed by atoms with Gasteiger partial charge in [0.1, 0.15) is 5.84 Å². The number of nitrogens with zero attached hydrogens (tertiary/aromatic N) is 1. The number of nitrogens with one attached hydrogen (secondary N) is 1. The molecular weight excluding hydrogens is 238 g/mol. The maximum absolute atomic E-state index is 9.34. The molecule has 1 heterocycles. The van der Waals surface area contributed by atoms with Crippen LogP contribution in [0.4, 0.5) is 5.69 Å². The first-order valence-electron chi connectivity index (χ1n) is 5.65. The molecule has 0 saturated carbocycles. The second-order valence-corrected chi connectivity index (χ2v) is 4.63. The molecule has 0 radical (unpaired) electrons. The zero-order valence-corrected chi connectivity index (χ0v) is 10.2. The Morgan fingerprint density at radius 1 is 1.59 bits per heavy atom. The summed E-state index contributed by atoms with van der Waals surface area (Å²) in [6.45, 7) is 0.982. The molecule has 1 aromatic rings. The second-order valence-electron chi connectivity index (χ2n) is 4.22. The molecule has 1 aliphatic heterocycles. The number of amidine groups is 1. The second kappa shape index (κ2) is 4.94. The largest absolute Gasteiger partial charge is 0.394 e. The van der Waals surface area contributed by atoms with Crippen molar-refractivity contribution in [3.8, 4) is 0 Å². The molecule has 5 heteroatoms. The summed E-state index contributed by atoms with van der Waals surface area (Å²) in [6.07, 6.45) is 2.00. The number of halogens is 1. The van der Waals surface area contributed by atoms with Crippen molar-refractivity contribution in [3.63, 3.8) is 0 Å². The highest BCUT2D eigenvalue weighted by atomic mass is 35.5. The minimum Gasteiger partial charge on any atom is -0.394 e. The Labute approximate surface area is 105 Å². The van der Waals surface area contributed by atoms with Crippen LogP contribution in [-0.4, -0.2) is 30.1 Å². The molecule has 17 heavy (non-hydrogen) atoms. The number of rotatable bonds is 3. The smallest absolute Gasteiger partial charge is 0.126 e. The zero-order valence-electron chi connectivity index (χ0n) is 9.49. The van der Waals surface area contributed by atoms with Crippen molar-refractivity contribution in [1.29, 1.82) is 5.41 Å². The van der Waals surface area contributed by atoms with E-state index in [-0.39, 0.29) is 18.5 Å². The van der Waals surface area contributed by atoms with Gasteiger partial charge in [-0.3, -0.25) is 5.41 Å². The fourth-order valence-electron chi connectivity index (χ4n) is 2.36. The van der Waals surface area contributed by atoms with Crippen molar-refractivity contribution in [2.24, 2.45) is 5.73 Å². The van der Waals surface area contributed by atoms with E-state index in [4.69, 9.17) is 22.7 Å². The third-order valence-corrected chi connectivity index (χ3v) is 3.47. The van der Waals surface area contributed by atoms with E-state index in [1.807, 2.05) is 12.1 Å². The number of nitrogen functional groups attached to an aromatic ring is 1. The van der Waals surface area contributed by atoms with Crippen LogP contribution < -0.4 is 10.6 Å². The van der Waals surface area contributed by atoms with Crippen LogP contribution in [0.5, 0.6) is 0 Å². The van der Waals surface area contributed by atoms with Crippen molar-refractivity contribution < 1.29 is 5.11 Å². The first kappa shape index (κ1) is 12.2. The van der Waals surface area contributed by atoms with Crippen molar-refractivity contribution in [3.05, 3.63) is 28.8 Å². The molecule has 0 bridgehead atoms. The number of benzene rings is 1. The predicted octanol–water partition coefficient (Wildman–Crippen LogP) is 1.59. The van der Waals surface area contributed by atoms with Crippen LogP contribution >= 0.6 is 11.6 Å². The third kappa shape index (κ3) is 2.23. The summed E-state index contributed by atoms with van der Waals surface area (Å²) >= 11 is 6.08. The van der Waals surface area contributed by atoms with Gasteiger partial charge in [-0.05, 0) is 25.0 Å². The van der Waals surface area contributed by atoms with Gasteiger partial charge in [0, 0.05) is 12.2 Å². The van der Waals surface area contributed by atoms with Gasteiger partial charge in [0.25, 0.3) is 0 Å². The van der Waals surface area contributed by atoms with E-state index >= 15 is 0 Å². The lowest BCUT2D eigenvalue weighted by Gasteiger charge is -2.27. The van der Waals surface area contributed by atoms with Crippen molar-refractivity contribution >= 4 is 23.1 Å². The lowest BCUT2D eigenvalue weighted by atomic mass is 10.1. The van der Waals surface area contributed by atoms with Gasteiger partial charge >= 0.3 is 0 Å². The van der Waals surface area contributed by atoms with E-state index in [9.17, 15) is 5.11 Å². The molecule has 92 valence electrons. The lowest BCUT2D eigenvalue weighted by molar-refractivity contribution is 0.266. The monoisotopic (exact) mass is 253 g/mol. The fourth-order valence-corrected chi connectivity index (χ4v) is 2.63. The number of nitrogens with two attached hydrogens (primary N) is 1. The average molecular weight is 254 g/mol. The highest BCUT2D eigenvalue weighted by Gasteiger charge is 2.26. The number of aliphatic hydroxyl groups excluding tert-OH is 1. The van der Waals surface area contributed by atoms with Crippen LogP contribution in [0, 0.1) is 5.41 Å². The van der Waals surface area contributed by atoms with E-state index < -0.39 is 0 Å². The van der Waals surface area contributed by atoms with Crippen molar-refractivity contribution in [1.82, 2.24) is 0 Å². The molecule has 4 nitrogen and oxygen atoms in total. The van der Waals surface area contributed by atoms with Crippen LogP contribution in [0.1, 0.15) is 18.4 Å². The normalized spacial score (nSPS) is 19.6. The summed E-state index contributed by atoms with van der Waals surface area (Å²) in [6, 6.07) is 5.57. The van der Waals surface area contributed by atoms with E-state index in [0.717, 1.165) is 25.1 Å². The molecule has 0 aromatic heterocycles. The molecule has 0 amide bonds. The molecule has 2 rings (SSSR count). The van der Waals surface area contributed by atoms with Gasteiger partial charge in [-0.1, -0.05) is 17.7 Å². The first-order valence-corrected chi connectivity index (χ1v) is 6.03. The van der Waals surface area contributed by atoms with Gasteiger partial charge in [-0.25, -0.2) is 0 Å². The summed E-state index contributed by atoms with van der Waals surface area (Å²) < 4.78 is 0. The standard InChI is InChI=1S/C12H16ClN3O/c13-9-4-1-5-10(11(9)12(14)15)16-6-2-3-8(16)7-17/h1,4-5,8,17H,2-3,6-7H2,(H3,14,15). The summed E-state index contributed by atoms with van der Waals surface area (Å²) in [5.41, 5.74) is 6.99. The van der Waals surface area contributed by atoms with Crippen LogP contribution in [0.2, 0.25) is 5.02 Å². The first-order chi connectivity index (χ1) is 8.15. The minimum absolute atomic E-state index is 0.0332. The van der Waals surface area contributed by atoms with E-state index in [1.54, 1.807) is 6.07 Å². The number of hydrogen-bond acceptors (Lipinski definition) is 3. The van der Waals surface area contributed by atoms with E-state index in [2.05, 4.69) is 4.90 Å². The maximum Gasteiger partial charge on any atom is 0.126 e. The Balaban J connectivity index is 2.44. The van der Waals surface area contributed by atoms with Crippen LogP contribution in [0.25, 0.3) is 0 Å². The van der Waals surface area contributed by atoms with E-state index in [1.165, 1.54) is 0 Å². The van der Waals surface area contributed by atoms with E-state index in [0.29, 0.717) is 10.6 Å². The Morgan fingerprint density at radius 2 is 2.35 bits per heavy atom. The Morgan fingerprint density at radius 3 is 3.00 bits per heavy atom. The van der Waals surface area contributed by atoms with Gasteiger partial charge in [0.2, 0.25) is 0 Å². The number of aliphatic hydroxyl groups is 1. The highest BCUT2D eigenvalue weighted by Crippen LogP contribution is 2.32. The van der Waals surface area contributed by atoms with Crippen LogP contribution in [-0.2, 0) is 0 Å². The molecule has 0 aliphatic carbocycles. The molecule has 1 unspecified atom stereocenters. The molecule has 1 aromatic carbocycles. The summed E-state index contributed by atoms with van der Waals surface area (Å²) in [5, 5.41) is 17.4. The number of anilines is 1. The average Bonchev–Trinajstić information content (AvgIpc) is 2.75. The summed E-state index contributed by atoms with van der Waals surface area (Å²) in [4.78, 5) is 2.09. The molecule has 1 saturated heterocycles. The summed E-state index contributed by atoms with van der Waals surface area (Å²) in [7, 11) is 0. The number of hydrogen-bond donors (Lipinski definition) is 3. The zero-order chi connectivity index (χ0) is 12.4. The van der Waals surface area contributed by atoms with Gasteiger partial charge in [-0.2, -0.15) is 0 Å². The van der Waals surface area contributed by atoms with Gasteiger partial charge in [0.15, 0.2) is 0 Å². The highest BCUT2D eigenvalue weighted by molar-refractivity contribution is 6.34. The molecule has 0 spiro atoms. The van der Waals surface area contributed by atoms with Gasteiger partial charge in [-0.15, -0.1) is 0 Å². The molecule has 4 N–H and O–H groups in total. The Hall–Kier alpha value is -1.26. The molecular formula is C12H16ClN3O. The lowest BCUT2D eigenvalue weighted by Crippen LogP contribution is -2.33. The van der Waals surface area contributed by atoms with Gasteiger partial charge in [0.05, 0.1) is 23.2 Å².